The van der Waals surface area contributed by atoms with Gasteiger partial charge in [-0.15, -0.1) is 0 Å². The molecule has 0 atom stereocenters. The number of halogens is 1. The van der Waals surface area contributed by atoms with Crippen LogP contribution in [0.3, 0.4) is 0 Å². The van der Waals surface area contributed by atoms with Crippen molar-refractivity contribution in [3.05, 3.63) is 32.8 Å². The molecule has 0 aromatic heterocycles. The smallest absolute Gasteiger partial charge is 0.258 e. The van der Waals surface area contributed by atoms with E-state index < -0.39 is 14.9 Å². The Kier molecular flexibility index (Phi) is 4.41. The molecule has 0 radical (unpaired) electrons. The number of sulfonamides is 1. The van der Waals surface area contributed by atoms with Gasteiger partial charge in [-0.2, -0.15) is 4.31 Å². The molecule has 21 heavy (non-hydrogen) atoms. The molecule has 0 saturated carbocycles. The van der Waals surface area contributed by atoms with E-state index >= 15 is 0 Å². The molecule has 0 N–H and O–H groups in total. The van der Waals surface area contributed by atoms with E-state index in [2.05, 4.69) is 29.8 Å². The fraction of sp³-hybridized carbons (Fsp3) is 0.538. The number of piperidine rings is 1. The quantitative estimate of drug-likeness (QED) is 0.599. The average Bonchev–Trinajstić information content (AvgIpc) is 2.37. The van der Waals surface area contributed by atoms with E-state index in [1.54, 1.807) is 0 Å². The highest BCUT2D eigenvalue weighted by atomic mass is 79.9. The van der Waals surface area contributed by atoms with Crippen molar-refractivity contribution in [3.8, 4) is 0 Å². The molecular formula is C13H17BrN2O4S. The molecule has 116 valence electrons. The standard InChI is InChI=1S/C13H17BrN2O4S/c1-13(2)5-7-15(8-6-13)21(19,20)12-9-10(14)3-4-11(12)16(17)18/h3-4,9H,5-8H2,1-2H3. The molecule has 0 unspecified atom stereocenters. The lowest BCUT2D eigenvalue weighted by Gasteiger charge is -2.35. The van der Waals surface area contributed by atoms with Gasteiger partial charge in [0.2, 0.25) is 10.0 Å². The number of nitrogens with zero attached hydrogens (tertiary/aromatic N) is 2. The molecule has 2 rings (SSSR count). The summed E-state index contributed by atoms with van der Waals surface area (Å²) in [7, 11) is -3.85. The van der Waals surface area contributed by atoms with Gasteiger partial charge in [-0.25, -0.2) is 8.42 Å². The molecule has 0 amide bonds. The van der Waals surface area contributed by atoms with E-state index in [1.165, 1.54) is 22.5 Å². The highest BCUT2D eigenvalue weighted by Gasteiger charge is 2.36. The third-order valence-corrected chi connectivity index (χ3v) is 6.23. The lowest BCUT2D eigenvalue weighted by Crippen LogP contribution is -2.41. The minimum Gasteiger partial charge on any atom is -0.258 e. The normalized spacial score (nSPS) is 19.4. The van der Waals surface area contributed by atoms with Gasteiger partial charge in [-0.3, -0.25) is 10.1 Å². The second kappa shape index (κ2) is 5.66. The van der Waals surface area contributed by atoms with Crippen LogP contribution in [0.15, 0.2) is 27.6 Å². The molecule has 0 spiro atoms. The Labute approximate surface area is 132 Å². The van der Waals surface area contributed by atoms with Crippen LogP contribution in [0.25, 0.3) is 0 Å². The van der Waals surface area contributed by atoms with Crippen molar-refractivity contribution in [2.45, 2.75) is 31.6 Å². The third-order valence-electron chi connectivity index (χ3n) is 3.81. The van der Waals surface area contributed by atoms with Gasteiger partial charge in [0, 0.05) is 23.6 Å². The molecular weight excluding hydrogens is 360 g/mol. The average molecular weight is 377 g/mol. The van der Waals surface area contributed by atoms with Gasteiger partial charge < -0.3 is 0 Å². The van der Waals surface area contributed by atoms with Crippen molar-refractivity contribution < 1.29 is 13.3 Å². The highest BCUT2D eigenvalue weighted by molar-refractivity contribution is 9.10. The first-order valence-electron chi connectivity index (χ1n) is 6.58. The summed E-state index contributed by atoms with van der Waals surface area (Å²) in [6.45, 7) is 4.97. The van der Waals surface area contributed by atoms with Crippen LogP contribution in [0, 0.1) is 15.5 Å². The summed E-state index contributed by atoms with van der Waals surface area (Å²) in [6.07, 6.45) is 1.49. The Bertz CT molecular complexity index is 663. The summed E-state index contributed by atoms with van der Waals surface area (Å²) < 4.78 is 27.2. The first-order valence-corrected chi connectivity index (χ1v) is 8.81. The molecule has 1 aromatic carbocycles. The molecule has 8 heteroatoms. The zero-order chi connectivity index (χ0) is 15.8. The van der Waals surface area contributed by atoms with Gasteiger partial charge >= 0.3 is 0 Å². The highest BCUT2D eigenvalue weighted by Crippen LogP contribution is 2.35. The van der Waals surface area contributed by atoms with Crippen LogP contribution >= 0.6 is 15.9 Å². The molecule has 1 aliphatic heterocycles. The number of rotatable bonds is 3. The van der Waals surface area contributed by atoms with E-state index in [1.807, 2.05) is 0 Å². The molecule has 0 bridgehead atoms. The van der Waals surface area contributed by atoms with E-state index in [4.69, 9.17) is 0 Å². The van der Waals surface area contributed by atoms with E-state index in [9.17, 15) is 18.5 Å². The fourth-order valence-corrected chi connectivity index (χ4v) is 4.45. The molecule has 1 fully saturated rings. The molecule has 6 nitrogen and oxygen atoms in total. The van der Waals surface area contributed by atoms with Crippen LogP contribution in [-0.4, -0.2) is 30.7 Å². The Morgan fingerprint density at radius 3 is 2.38 bits per heavy atom. The second-order valence-electron chi connectivity index (χ2n) is 5.94. The Balaban J connectivity index is 2.41. The van der Waals surface area contributed by atoms with Crippen LogP contribution in [0.4, 0.5) is 5.69 Å². The first-order chi connectivity index (χ1) is 9.63. The van der Waals surface area contributed by atoms with E-state index in [0.717, 1.165) is 12.8 Å². The number of nitro groups is 1. The van der Waals surface area contributed by atoms with Gasteiger partial charge in [-0.05, 0) is 30.4 Å². The summed E-state index contributed by atoms with van der Waals surface area (Å²) in [5.41, 5.74) is -0.280. The van der Waals surface area contributed by atoms with Gasteiger partial charge in [0.25, 0.3) is 5.69 Å². The predicted molar refractivity (Wildman–Crippen MR) is 82.6 cm³/mol. The van der Waals surface area contributed by atoms with Gasteiger partial charge in [0.1, 0.15) is 0 Å². The Morgan fingerprint density at radius 2 is 1.86 bits per heavy atom. The maximum absolute atomic E-state index is 12.7. The van der Waals surface area contributed by atoms with E-state index in [-0.39, 0.29) is 16.0 Å². The van der Waals surface area contributed by atoms with Crippen molar-refractivity contribution in [2.75, 3.05) is 13.1 Å². The molecule has 1 aliphatic rings. The lowest BCUT2D eigenvalue weighted by atomic mass is 9.83. The Hall–Kier alpha value is -0.990. The van der Waals surface area contributed by atoms with Crippen LogP contribution in [0.1, 0.15) is 26.7 Å². The molecule has 1 saturated heterocycles. The third kappa shape index (κ3) is 3.44. The first kappa shape index (κ1) is 16.4. The van der Waals surface area contributed by atoms with Crippen molar-refractivity contribution in [2.24, 2.45) is 5.41 Å². The van der Waals surface area contributed by atoms with Gasteiger partial charge in [0.15, 0.2) is 4.90 Å². The van der Waals surface area contributed by atoms with Gasteiger partial charge in [0.05, 0.1) is 4.92 Å². The predicted octanol–water partition coefficient (Wildman–Crippen LogP) is 3.17. The number of benzene rings is 1. The summed E-state index contributed by atoms with van der Waals surface area (Å²) in [6, 6.07) is 3.98. The van der Waals surface area contributed by atoms with Crippen molar-refractivity contribution >= 4 is 31.6 Å². The fourth-order valence-electron chi connectivity index (χ4n) is 2.32. The zero-order valence-electron chi connectivity index (χ0n) is 11.9. The summed E-state index contributed by atoms with van der Waals surface area (Å²) in [5, 5.41) is 11.1. The van der Waals surface area contributed by atoms with Crippen molar-refractivity contribution in [1.29, 1.82) is 0 Å². The molecule has 0 aliphatic carbocycles. The largest absolute Gasteiger partial charge is 0.289 e. The van der Waals surface area contributed by atoms with Crippen LogP contribution in [0.2, 0.25) is 0 Å². The Morgan fingerprint density at radius 1 is 1.29 bits per heavy atom. The summed E-state index contributed by atoms with van der Waals surface area (Å²) in [4.78, 5) is 10.2. The van der Waals surface area contributed by atoms with Gasteiger partial charge in [-0.1, -0.05) is 29.8 Å². The monoisotopic (exact) mass is 376 g/mol. The SMILES string of the molecule is CC1(C)CCN(S(=O)(=O)c2cc(Br)ccc2[N+](=O)[O-])CC1. The van der Waals surface area contributed by atoms with Crippen LogP contribution in [0.5, 0.6) is 0 Å². The number of nitro benzene ring substituents is 1. The van der Waals surface area contributed by atoms with E-state index in [0.29, 0.717) is 17.6 Å². The summed E-state index contributed by atoms with van der Waals surface area (Å²) >= 11 is 3.17. The topological polar surface area (TPSA) is 80.5 Å². The number of hydrogen-bond donors (Lipinski definition) is 0. The zero-order valence-corrected chi connectivity index (χ0v) is 14.3. The maximum Gasteiger partial charge on any atom is 0.289 e. The van der Waals surface area contributed by atoms with Crippen molar-refractivity contribution in [3.63, 3.8) is 0 Å². The number of hydrogen-bond acceptors (Lipinski definition) is 4. The molecule has 1 heterocycles. The lowest BCUT2D eigenvalue weighted by molar-refractivity contribution is -0.387. The van der Waals surface area contributed by atoms with Crippen LogP contribution < -0.4 is 0 Å². The minimum absolute atomic E-state index is 0.106. The van der Waals surface area contributed by atoms with Crippen molar-refractivity contribution in [1.82, 2.24) is 4.31 Å². The van der Waals surface area contributed by atoms with Crippen LogP contribution in [-0.2, 0) is 10.0 Å². The minimum atomic E-state index is -3.85. The summed E-state index contributed by atoms with van der Waals surface area (Å²) in [5.74, 6) is 0. The molecule has 1 aromatic rings. The second-order valence-corrected chi connectivity index (χ2v) is 8.76. The maximum atomic E-state index is 12.7.